The van der Waals surface area contributed by atoms with Crippen molar-refractivity contribution >= 4 is 39.5 Å². The molecule has 0 atom stereocenters. The summed E-state index contributed by atoms with van der Waals surface area (Å²) in [6.07, 6.45) is 10.7. The molecular formula is C33H38N10O2S. The zero-order valence-electron chi connectivity index (χ0n) is 26.3. The molecule has 0 amide bonds. The highest BCUT2D eigenvalue weighted by Crippen LogP contribution is 2.27. The molecular weight excluding hydrogens is 600 g/mol. The van der Waals surface area contributed by atoms with Crippen molar-refractivity contribution in [3.8, 4) is 22.5 Å². The van der Waals surface area contributed by atoms with E-state index in [0.29, 0.717) is 22.5 Å². The third kappa shape index (κ3) is 6.75. The fourth-order valence-corrected chi connectivity index (χ4v) is 6.25. The van der Waals surface area contributed by atoms with Crippen LogP contribution in [0, 0.1) is 0 Å². The van der Waals surface area contributed by atoms with Crippen LogP contribution in [-0.4, -0.2) is 76.8 Å². The van der Waals surface area contributed by atoms with E-state index >= 15 is 0 Å². The van der Waals surface area contributed by atoms with Gasteiger partial charge in [-0.1, -0.05) is 54.6 Å². The van der Waals surface area contributed by atoms with Crippen LogP contribution in [-0.2, 0) is 14.1 Å². The smallest absolute Gasteiger partial charge is 0.279 e. The van der Waals surface area contributed by atoms with Crippen molar-refractivity contribution in [2.75, 3.05) is 37.8 Å². The molecule has 1 fully saturated rings. The Balaban J connectivity index is 0.000000172. The van der Waals surface area contributed by atoms with Gasteiger partial charge in [0, 0.05) is 66.0 Å². The molecule has 2 aromatic carbocycles. The van der Waals surface area contributed by atoms with Gasteiger partial charge in [-0.25, -0.2) is 0 Å². The Labute approximate surface area is 270 Å². The molecule has 0 spiro atoms. The Morgan fingerprint density at radius 2 is 1.33 bits per heavy atom. The summed E-state index contributed by atoms with van der Waals surface area (Å²) in [7, 11) is 3.91. The highest BCUT2D eigenvalue weighted by Gasteiger charge is 2.15. The number of benzene rings is 2. The standard InChI is InChI=1S/C20H26N6O.C13H12N4OS/c1-25-14-16(15-8-3-4-9-17(15)25)18-19(27)22-20(24-23-18)21-10-7-13-26-11-5-2-6-12-26;1-17-7-9(8-5-3-4-6-10(8)17)11-12(18)14-13(19-2)16-15-11/h3-4,8-9,14H,2,5-7,10-13H2,1H3,(H2,21,22,24,27);3-7H,1-2H3,(H,14,16,18). The number of nitrogens with one attached hydrogen (secondary N) is 3. The van der Waals surface area contributed by atoms with Gasteiger partial charge in [0.25, 0.3) is 11.1 Å². The number of H-pyrrole nitrogens is 2. The van der Waals surface area contributed by atoms with E-state index in [1.54, 1.807) is 0 Å². The molecule has 1 aliphatic rings. The molecule has 1 saturated heterocycles. The van der Waals surface area contributed by atoms with Gasteiger partial charge in [0.15, 0.2) is 16.5 Å². The lowest BCUT2D eigenvalue weighted by atomic mass is 10.1. The number of hydrogen-bond acceptors (Lipinski definition) is 9. The number of anilines is 1. The minimum Gasteiger partial charge on any atom is -0.354 e. The lowest BCUT2D eigenvalue weighted by molar-refractivity contribution is 0.228. The summed E-state index contributed by atoms with van der Waals surface area (Å²) < 4.78 is 3.98. The zero-order chi connectivity index (χ0) is 32.0. The molecule has 6 aromatic rings. The molecule has 0 radical (unpaired) electrons. The molecule has 12 nitrogen and oxygen atoms in total. The summed E-state index contributed by atoms with van der Waals surface area (Å²) in [6, 6.07) is 15.9. The minimum atomic E-state index is -0.222. The third-order valence-electron chi connectivity index (χ3n) is 8.26. The van der Waals surface area contributed by atoms with Gasteiger partial charge in [-0.15, -0.1) is 20.4 Å². The average molecular weight is 639 g/mol. The van der Waals surface area contributed by atoms with Gasteiger partial charge in [0.2, 0.25) is 5.95 Å². The number of aromatic nitrogens is 8. The quantitative estimate of drug-likeness (QED) is 0.160. The summed E-state index contributed by atoms with van der Waals surface area (Å²) in [5.74, 6) is 0.433. The van der Waals surface area contributed by atoms with Gasteiger partial charge in [-0.05, 0) is 57.3 Å². The summed E-state index contributed by atoms with van der Waals surface area (Å²) >= 11 is 1.36. The van der Waals surface area contributed by atoms with Crippen LogP contribution in [0.4, 0.5) is 5.95 Å². The number of aryl methyl sites for hydroxylation is 2. The first kappa shape index (κ1) is 31.2. The molecule has 0 unspecified atom stereocenters. The summed E-state index contributed by atoms with van der Waals surface area (Å²) in [6.45, 7) is 4.26. The molecule has 13 heteroatoms. The van der Waals surface area contributed by atoms with Gasteiger partial charge < -0.3 is 19.4 Å². The molecule has 46 heavy (non-hydrogen) atoms. The van der Waals surface area contributed by atoms with Crippen LogP contribution < -0.4 is 16.4 Å². The van der Waals surface area contributed by atoms with Crippen molar-refractivity contribution in [1.29, 1.82) is 0 Å². The molecule has 3 N–H and O–H groups in total. The Hall–Kier alpha value is -4.75. The second-order valence-corrected chi connectivity index (χ2v) is 12.2. The number of thioether (sulfide) groups is 1. The zero-order valence-corrected chi connectivity index (χ0v) is 27.1. The van der Waals surface area contributed by atoms with Gasteiger partial charge in [-0.2, -0.15) is 0 Å². The van der Waals surface area contributed by atoms with Crippen LogP contribution in [0.2, 0.25) is 0 Å². The van der Waals surface area contributed by atoms with Crippen LogP contribution in [0.1, 0.15) is 25.7 Å². The highest BCUT2D eigenvalue weighted by atomic mass is 32.2. The molecule has 5 heterocycles. The Morgan fingerprint density at radius 3 is 1.89 bits per heavy atom. The summed E-state index contributed by atoms with van der Waals surface area (Å²) in [4.78, 5) is 32.7. The Morgan fingerprint density at radius 1 is 0.761 bits per heavy atom. The van der Waals surface area contributed by atoms with E-state index in [9.17, 15) is 9.59 Å². The lowest BCUT2D eigenvalue weighted by Crippen LogP contribution is -2.31. The predicted octanol–water partition coefficient (Wildman–Crippen LogP) is 4.66. The van der Waals surface area contributed by atoms with Crippen molar-refractivity contribution in [3.63, 3.8) is 0 Å². The maximum Gasteiger partial charge on any atom is 0.279 e. The lowest BCUT2D eigenvalue weighted by Gasteiger charge is -2.26. The molecule has 0 bridgehead atoms. The van der Waals surface area contributed by atoms with Gasteiger partial charge in [0.1, 0.15) is 0 Å². The monoisotopic (exact) mass is 638 g/mol. The molecule has 0 saturated carbocycles. The summed E-state index contributed by atoms with van der Waals surface area (Å²) in [5.41, 5.74) is 4.01. The molecule has 238 valence electrons. The number of likely N-dealkylation sites (tertiary alicyclic amines) is 1. The van der Waals surface area contributed by atoms with E-state index in [0.717, 1.165) is 52.4 Å². The maximum atomic E-state index is 12.6. The Bertz CT molecular complexity index is 2070. The van der Waals surface area contributed by atoms with Crippen molar-refractivity contribution in [2.45, 2.75) is 30.8 Å². The number of aromatic amines is 2. The second kappa shape index (κ2) is 14.1. The normalized spacial score (nSPS) is 13.5. The van der Waals surface area contributed by atoms with Crippen LogP contribution >= 0.6 is 11.8 Å². The number of para-hydroxylation sites is 2. The first-order chi connectivity index (χ1) is 22.4. The van der Waals surface area contributed by atoms with Crippen LogP contribution in [0.3, 0.4) is 0 Å². The minimum absolute atomic E-state index is 0.212. The van der Waals surface area contributed by atoms with Crippen molar-refractivity contribution in [1.82, 2.24) is 44.4 Å². The van der Waals surface area contributed by atoms with Crippen molar-refractivity contribution in [3.05, 3.63) is 81.6 Å². The van der Waals surface area contributed by atoms with Crippen LogP contribution in [0.25, 0.3) is 44.3 Å². The number of hydrogen-bond donors (Lipinski definition) is 3. The van der Waals surface area contributed by atoms with Crippen LogP contribution in [0.15, 0.2) is 75.7 Å². The van der Waals surface area contributed by atoms with E-state index in [1.165, 1.54) is 44.1 Å². The number of fused-ring (bicyclic) bond motifs is 2. The fourth-order valence-electron chi connectivity index (χ4n) is 5.94. The second-order valence-electron chi connectivity index (χ2n) is 11.4. The largest absolute Gasteiger partial charge is 0.354 e. The van der Waals surface area contributed by atoms with Gasteiger partial charge in [-0.3, -0.25) is 19.6 Å². The Kier molecular flexibility index (Phi) is 9.60. The number of piperidine rings is 1. The van der Waals surface area contributed by atoms with E-state index in [4.69, 9.17) is 0 Å². The number of rotatable bonds is 8. The van der Waals surface area contributed by atoms with Crippen molar-refractivity contribution < 1.29 is 0 Å². The molecule has 4 aromatic heterocycles. The van der Waals surface area contributed by atoms with Gasteiger partial charge in [0.05, 0.1) is 0 Å². The van der Waals surface area contributed by atoms with Crippen LogP contribution in [0.5, 0.6) is 0 Å². The summed E-state index contributed by atoms with van der Waals surface area (Å²) in [5, 5.41) is 22.1. The third-order valence-corrected chi connectivity index (χ3v) is 8.83. The van der Waals surface area contributed by atoms with E-state index in [1.807, 2.05) is 90.4 Å². The van der Waals surface area contributed by atoms with E-state index in [-0.39, 0.29) is 11.1 Å². The topological polar surface area (TPSA) is 142 Å². The fraction of sp³-hybridized carbons (Fsp3) is 0.333. The van der Waals surface area contributed by atoms with Gasteiger partial charge >= 0.3 is 0 Å². The SMILES string of the molecule is CSc1nnc(-c2cn(C)c3ccccc23)c(=O)[nH]1.Cn1cc(-c2nnc(NCCCN3CCCCC3)[nH]c2=O)c2ccccc21. The van der Waals surface area contributed by atoms with E-state index < -0.39 is 0 Å². The first-order valence-electron chi connectivity index (χ1n) is 15.5. The molecule has 0 aliphatic carbocycles. The highest BCUT2D eigenvalue weighted by molar-refractivity contribution is 7.98. The first-order valence-corrected chi connectivity index (χ1v) is 16.7. The maximum absolute atomic E-state index is 12.6. The molecule has 7 rings (SSSR count). The van der Waals surface area contributed by atoms with Crippen molar-refractivity contribution in [2.24, 2.45) is 14.1 Å². The average Bonchev–Trinajstić information content (AvgIpc) is 3.60. The predicted molar refractivity (Wildman–Crippen MR) is 184 cm³/mol. The number of nitrogens with zero attached hydrogens (tertiary/aromatic N) is 7. The van der Waals surface area contributed by atoms with E-state index in [2.05, 4.69) is 40.6 Å². The molecule has 1 aliphatic heterocycles.